The molecule has 1 aromatic heterocycles. The number of amides is 1. The number of carbonyl (C=O) groups excluding carboxylic acids is 1. The van der Waals surface area contributed by atoms with Crippen molar-refractivity contribution in [2.24, 2.45) is 13.0 Å². The van der Waals surface area contributed by atoms with E-state index in [0.717, 1.165) is 19.3 Å². The molecule has 1 aromatic rings. The van der Waals surface area contributed by atoms with Crippen molar-refractivity contribution < 1.29 is 9.53 Å². The first-order chi connectivity index (χ1) is 9.70. The molecular weight excluding hydrogens is 256 g/mol. The Labute approximate surface area is 118 Å². The van der Waals surface area contributed by atoms with E-state index in [1.165, 1.54) is 11.3 Å². The lowest BCUT2D eigenvalue weighted by Crippen LogP contribution is -2.44. The van der Waals surface area contributed by atoms with Crippen LogP contribution in [0.1, 0.15) is 30.1 Å². The van der Waals surface area contributed by atoms with Gasteiger partial charge in [-0.1, -0.05) is 0 Å². The van der Waals surface area contributed by atoms with E-state index < -0.39 is 0 Å². The van der Waals surface area contributed by atoms with Gasteiger partial charge in [-0.15, -0.1) is 0 Å². The number of hydrogen-bond donors (Lipinski definition) is 2. The molecule has 6 heteroatoms. The molecule has 0 spiro atoms. The average Bonchev–Trinajstić information content (AvgIpc) is 3.06. The Morgan fingerprint density at radius 3 is 3.15 bits per heavy atom. The van der Waals surface area contributed by atoms with Crippen LogP contribution in [0.15, 0.2) is 6.20 Å². The summed E-state index contributed by atoms with van der Waals surface area (Å²) in [5, 5.41) is 10.6. The molecule has 2 N–H and O–H groups in total. The molecule has 0 radical (unpaired) electrons. The van der Waals surface area contributed by atoms with Crippen molar-refractivity contribution in [1.29, 1.82) is 0 Å². The van der Waals surface area contributed by atoms with Crippen LogP contribution in [-0.2, 0) is 23.0 Å². The normalized spacial score (nSPS) is 29.2. The highest BCUT2D eigenvalue weighted by Crippen LogP contribution is 2.29. The van der Waals surface area contributed by atoms with Gasteiger partial charge in [0.15, 0.2) is 0 Å². The third kappa shape index (κ3) is 2.33. The van der Waals surface area contributed by atoms with Gasteiger partial charge in [-0.2, -0.15) is 5.10 Å². The number of rotatable bonds is 3. The van der Waals surface area contributed by atoms with Crippen molar-refractivity contribution in [3.8, 4) is 0 Å². The molecule has 0 bridgehead atoms. The van der Waals surface area contributed by atoms with Crippen LogP contribution in [0, 0.1) is 5.92 Å². The summed E-state index contributed by atoms with van der Waals surface area (Å²) in [7, 11) is 3.84. The molecular formula is C14H22N4O2. The number of fused-ring (bicyclic) bond motifs is 1. The summed E-state index contributed by atoms with van der Waals surface area (Å²) >= 11 is 0. The van der Waals surface area contributed by atoms with E-state index in [0.29, 0.717) is 13.2 Å². The van der Waals surface area contributed by atoms with Crippen LogP contribution < -0.4 is 10.6 Å². The van der Waals surface area contributed by atoms with Crippen molar-refractivity contribution in [2.45, 2.75) is 31.3 Å². The minimum absolute atomic E-state index is 0.0866. The predicted molar refractivity (Wildman–Crippen MR) is 74.2 cm³/mol. The second-order valence-corrected chi connectivity index (χ2v) is 5.66. The topological polar surface area (TPSA) is 68.2 Å². The maximum Gasteiger partial charge on any atom is 0.227 e. The molecule has 20 heavy (non-hydrogen) atoms. The van der Waals surface area contributed by atoms with E-state index in [1.807, 2.05) is 25.0 Å². The van der Waals surface area contributed by atoms with Gasteiger partial charge in [-0.3, -0.25) is 9.48 Å². The Hall–Kier alpha value is -1.40. The van der Waals surface area contributed by atoms with Crippen molar-refractivity contribution >= 4 is 5.91 Å². The quantitative estimate of drug-likeness (QED) is 0.826. The third-order valence-electron chi connectivity index (χ3n) is 4.48. The molecule has 1 aliphatic heterocycles. The number of hydrogen-bond acceptors (Lipinski definition) is 4. The molecule has 6 nitrogen and oxygen atoms in total. The molecule has 2 heterocycles. The first-order valence-corrected chi connectivity index (χ1v) is 7.27. The minimum Gasteiger partial charge on any atom is -0.379 e. The van der Waals surface area contributed by atoms with E-state index in [1.54, 1.807) is 0 Å². The summed E-state index contributed by atoms with van der Waals surface area (Å²) in [5.74, 6) is -0.00870. The zero-order valence-electron chi connectivity index (χ0n) is 12.1. The van der Waals surface area contributed by atoms with E-state index in [9.17, 15) is 4.79 Å². The smallest absolute Gasteiger partial charge is 0.227 e. The van der Waals surface area contributed by atoms with E-state index in [-0.39, 0.29) is 23.9 Å². The standard InChI is InChI=1S/C14H22N4O2/c1-15-12-8-20-7-10(12)14(19)17-11-4-3-5-13-9(11)6-16-18(13)2/h6,10-12,15H,3-5,7-8H2,1-2H3,(H,17,19). The summed E-state index contributed by atoms with van der Waals surface area (Å²) < 4.78 is 7.32. The van der Waals surface area contributed by atoms with Gasteiger partial charge in [0.1, 0.15) is 0 Å². The van der Waals surface area contributed by atoms with Crippen LogP contribution in [0.25, 0.3) is 0 Å². The van der Waals surface area contributed by atoms with Gasteiger partial charge >= 0.3 is 0 Å². The lowest BCUT2D eigenvalue weighted by molar-refractivity contribution is -0.126. The number of ether oxygens (including phenoxy) is 1. The second-order valence-electron chi connectivity index (χ2n) is 5.66. The molecule has 110 valence electrons. The summed E-state index contributed by atoms with van der Waals surface area (Å²) in [5.41, 5.74) is 2.42. The molecule has 3 rings (SSSR count). The van der Waals surface area contributed by atoms with Crippen molar-refractivity contribution in [3.63, 3.8) is 0 Å². The highest BCUT2D eigenvalue weighted by Gasteiger charge is 2.35. The molecule has 1 amide bonds. The van der Waals surface area contributed by atoms with Gasteiger partial charge in [-0.05, 0) is 26.3 Å². The summed E-state index contributed by atoms with van der Waals surface area (Å²) in [6.07, 6.45) is 5.01. The third-order valence-corrected chi connectivity index (χ3v) is 4.48. The van der Waals surface area contributed by atoms with Gasteiger partial charge in [0, 0.05) is 24.3 Å². The molecule has 1 aliphatic carbocycles. The first kappa shape index (κ1) is 13.6. The Kier molecular flexibility index (Phi) is 3.76. The Bertz CT molecular complexity index is 499. The molecule has 0 aromatic carbocycles. The summed E-state index contributed by atoms with van der Waals surface area (Å²) in [4.78, 5) is 12.4. The Balaban J connectivity index is 1.71. The van der Waals surface area contributed by atoms with E-state index in [4.69, 9.17) is 4.74 Å². The molecule has 2 aliphatic rings. The maximum absolute atomic E-state index is 12.4. The number of aromatic nitrogens is 2. The average molecular weight is 278 g/mol. The van der Waals surface area contributed by atoms with Gasteiger partial charge in [0.05, 0.1) is 31.4 Å². The number of aryl methyl sites for hydroxylation is 1. The fourth-order valence-corrected chi connectivity index (χ4v) is 3.23. The SMILES string of the molecule is CNC1COCC1C(=O)NC1CCCc2c1cnn2C. The van der Waals surface area contributed by atoms with Crippen LogP contribution in [0.3, 0.4) is 0 Å². The van der Waals surface area contributed by atoms with Crippen molar-refractivity contribution in [1.82, 2.24) is 20.4 Å². The number of nitrogens with one attached hydrogen (secondary N) is 2. The molecule has 3 atom stereocenters. The van der Waals surface area contributed by atoms with Gasteiger partial charge in [0.25, 0.3) is 0 Å². The number of likely N-dealkylation sites (N-methyl/N-ethyl adjacent to an activating group) is 1. The number of carbonyl (C=O) groups is 1. The summed E-state index contributed by atoms with van der Waals surface area (Å²) in [6.45, 7) is 1.11. The minimum atomic E-state index is -0.0953. The number of nitrogens with zero attached hydrogens (tertiary/aromatic N) is 2. The lowest BCUT2D eigenvalue weighted by Gasteiger charge is -2.26. The van der Waals surface area contributed by atoms with Gasteiger partial charge in [-0.25, -0.2) is 0 Å². The molecule has 1 fully saturated rings. The van der Waals surface area contributed by atoms with Crippen molar-refractivity contribution in [3.05, 3.63) is 17.5 Å². The zero-order valence-corrected chi connectivity index (χ0v) is 12.1. The fraction of sp³-hybridized carbons (Fsp3) is 0.714. The van der Waals surface area contributed by atoms with Crippen molar-refractivity contribution in [2.75, 3.05) is 20.3 Å². The highest BCUT2D eigenvalue weighted by molar-refractivity contribution is 5.80. The van der Waals surface area contributed by atoms with Gasteiger partial charge < -0.3 is 15.4 Å². The molecule has 1 saturated heterocycles. The highest BCUT2D eigenvalue weighted by atomic mass is 16.5. The first-order valence-electron chi connectivity index (χ1n) is 7.27. The Morgan fingerprint density at radius 2 is 2.35 bits per heavy atom. The van der Waals surface area contributed by atoms with Crippen LogP contribution in [-0.4, -0.2) is 42.0 Å². The van der Waals surface area contributed by atoms with Crippen LogP contribution >= 0.6 is 0 Å². The second kappa shape index (κ2) is 5.54. The lowest BCUT2D eigenvalue weighted by atomic mass is 9.92. The van der Waals surface area contributed by atoms with Crippen LogP contribution in [0.2, 0.25) is 0 Å². The maximum atomic E-state index is 12.4. The van der Waals surface area contributed by atoms with Gasteiger partial charge in [0.2, 0.25) is 5.91 Å². The molecule has 0 saturated carbocycles. The van der Waals surface area contributed by atoms with E-state index >= 15 is 0 Å². The molecule has 3 unspecified atom stereocenters. The fourth-order valence-electron chi connectivity index (χ4n) is 3.23. The van der Waals surface area contributed by atoms with Crippen LogP contribution in [0.5, 0.6) is 0 Å². The monoisotopic (exact) mass is 278 g/mol. The van der Waals surface area contributed by atoms with E-state index in [2.05, 4.69) is 15.7 Å². The van der Waals surface area contributed by atoms with Crippen LogP contribution in [0.4, 0.5) is 0 Å². The summed E-state index contributed by atoms with van der Waals surface area (Å²) in [6, 6.07) is 0.213. The predicted octanol–water partition coefficient (Wildman–Crippen LogP) is 0.148. The Morgan fingerprint density at radius 1 is 1.50 bits per heavy atom. The largest absolute Gasteiger partial charge is 0.379 e. The zero-order chi connectivity index (χ0) is 14.1.